The number of hydrogen-bond acceptors (Lipinski definition) is 6. The van der Waals surface area contributed by atoms with Crippen molar-refractivity contribution in [3.05, 3.63) is 24.4 Å². The van der Waals surface area contributed by atoms with Gasteiger partial charge in [-0.2, -0.15) is 0 Å². The smallest absolute Gasteiger partial charge is 0.405 e. The van der Waals surface area contributed by atoms with Crippen molar-refractivity contribution in [2.24, 2.45) is 0 Å². The number of carbonyl (C=O) groups excluding carboxylic acids is 1. The number of piperidine rings is 1. The zero-order valence-electron chi connectivity index (χ0n) is 13.7. The van der Waals surface area contributed by atoms with E-state index in [-0.39, 0.29) is 0 Å². The van der Waals surface area contributed by atoms with E-state index in [0.29, 0.717) is 48.5 Å². The lowest BCUT2D eigenvalue weighted by Crippen LogP contribution is -2.61. The van der Waals surface area contributed by atoms with Crippen LogP contribution in [0.5, 0.6) is 5.88 Å². The summed E-state index contributed by atoms with van der Waals surface area (Å²) in [6.45, 7) is 1.10. The van der Waals surface area contributed by atoms with E-state index in [9.17, 15) is 9.59 Å². The Hall–Kier alpha value is -2.94. The van der Waals surface area contributed by atoms with E-state index in [4.69, 9.17) is 9.84 Å². The highest BCUT2D eigenvalue weighted by Crippen LogP contribution is 2.25. The van der Waals surface area contributed by atoms with Crippen LogP contribution in [0.15, 0.2) is 24.4 Å². The molecular formula is C16H19N5O4. The number of nitrogens with one attached hydrogen (secondary N) is 3. The summed E-state index contributed by atoms with van der Waals surface area (Å²) in [5.74, 6) is -0.00948. The number of nitrogens with zero attached hydrogens (tertiary/aromatic N) is 2. The lowest BCUT2D eigenvalue weighted by Gasteiger charge is -2.35. The van der Waals surface area contributed by atoms with Crippen LogP contribution in [0.2, 0.25) is 0 Å². The molecule has 3 heterocycles. The second-order valence-corrected chi connectivity index (χ2v) is 5.80. The second kappa shape index (κ2) is 6.89. The normalized spacial score (nSPS) is 16.2. The van der Waals surface area contributed by atoms with E-state index in [1.54, 1.807) is 24.4 Å². The van der Waals surface area contributed by atoms with Crippen LogP contribution in [0.4, 0.5) is 10.5 Å². The quantitative estimate of drug-likeness (QED) is 0.650. The van der Waals surface area contributed by atoms with E-state index in [2.05, 4.69) is 25.9 Å². The molecule has 3 rings (SSSR count). The Kier molecular flexibility index (Phi) is 4.66. The fourth-order valence-electron chi connectivity index (χ4n) is 2.93. The Morgan fingerprint density at radius 2 is 2.04 bits per heavy atom. The first-order valence-corrected chi connectivity index (χ1v) is 7.87. The van der Waals surface area contributed by atoms with Gasteiger partial charge in [0, 0.05) is 12.3 Å². The number of fused-ring (bicyclic) bond motifs is 1. The average Bonchev–Trinajstić information content (AvgIpc) is 2.61. The van der Waals surface area contributed by atoms with E-state index in [1.165, 1.54) is 7.11 Å². The largest absolute Gasteiger partial charge is 0.481 e. The van der Waals surface area contributed by atoms with Crippen LogP contribution >= 0.6 is 0 Å². The first-order chi connectivity index (χ1) is 12.0. The zero-order valence-corrected chi connectivity index (χ0v) is 13.7. The first-order valence-electron chi connectivity index (χ1n) is 7.87. The van der Waals surface area contributed by atoms with Gasteiger partial charge in [-0.15, -0.1) is 0 Å². The van der Waals surface area contributed by atoms with Gasteiger partial charge in [0.15, 0.2) is 0 Å². The number of pyridine rings is 2. The molecule has 0 radical (unpaired) electrons. The van der Waals surface area contributed by atoms with Crippen molar-refractivity contribution in [1.29, 1.82) is 0 Å². The Morgan fingerprint density at radius 3 is 2.72 bits per heavy atom. The minimum absolute atomic E-state index is 0.366. The van der Waals surface area contributed by atoms with Crippen LogP contribution in [0.3, 0.4) is 0 Å². The predicted octanol–water partition coefficient (Wildman–Crippen LogP) is 0.967. The van der Waals surface area contributed by atoms with Gasteiger partial charge < -0.3 is 25.8 Å². The first kappa shape index (κ1) is 16.9. The molecule has 0 aliphatic carbocycles. The molecule has 1 aliphatic rings. The van der Waals surface area contributed by atoms with Gasteiger partial charge in [0.2, 0.25) is 11.8 Å². The van der Waals surface area contributed by atoms with Crippen LogP contribution < -0.4 is 20.7 Å². The molecule has 0 unspecified atom stereocenters. The topological polar surface area (TPSA) is 125 Å². The molecule has 0 atom stereocenters. The van der Waals surface area contributed by atoms with Crippen molar-refractivity contribution in [2.45, 2.75) is 18.4 Å². The summed E-state index contributed by atoms with van der Waals surface area (Å²) in [5.41, 5.74) is 0.365. The molecule has 132 valence electrons. The number of anilines is 1. The third-order valence-corrected chi connectivity index (χ3v) is 4.25. The van der Waals surface area contributed by atoms with Gasteiger partial charge in [-0.25, -0.2) is 9.78 Å². The zero-order chi connectivity index (χ0) is 17.9. The van der Waals surface area contributed by atoms with E-state index < -0.39 is 17.5 Å². The minimum atomic E-state index is -1.23. The fourth-order valence-corrected chi connectivity index (χ4v) is 2.93. The number of hydrogen-bond donors (Lipinski definition) is 4. The number of carboxylic acid groups (broad SMARTS) is 1. The Labute approximate surface area is 143 Å². The molecule has 0 spiro atoms. The third-order valence-electron chi connectivity index (χ3n) is 4.25. The van der Waals surface area contributed by atoms with Gasteiger partial charge in [-0.05, 0) is 38.1 Å². The Bertz CT molecular complexity index is 804. The fraction of sp³-hybridized carbons (Fsp3) is 0.375. The maximum absolute atomic E-state index is 12.9. The summed E-state index contributed by atoms with van der Waals surface area (Å²) in [5, 5.41) is 17.5. The van der Waals surface area contributed by atoms with Crippen LogP contribution in [-0.4, -0.2) is 52.8 Å². The number of aromatic nitrogens is 2. The number of rotatable bonds is 4. The summed E-state index contributed by atoms with van der Waals surface area (Å²) >= 11 is 0. The van der Waals surface area contributed by atoms with Crippen molar-refractivity contribution in [1.82, 2.24) is 20.6 Å². The standard InChI is InChI=1S/C16H19N5O4/c1-25-12-3-2-10-13(20-12)11(4-7-18-10)19-14(22)16(21-15(23)24)5-8-17-9-6-16/h2-4,7,17,21H,5-6,8-9H2,1H3,(H,23,24)(H,18,19,22). The molecular weight excluding hydrogens is 326 g/mol. The molecule has 1 fully saturated rings. The summed E-state index contributed by atoms with van der Waals surface area (Å²) < 4.78 is 5.12. The summed E-state index contributed by atoms with van der Waals surface area (Å²) in [6, 6.07) is 5.05. The highest BCUT2D eigenvalue weighted by Gasteiger charge is 2.41. The van der Waals surface area contributed by atoms with Gasteiger partial charge in [-0.3, -0.25) is 9.78 Å². The monoisotopic (exact) mass is 345 g/mol. The summed E-state index contributed by atoms with van der Waals surface area (Å²) in [6.07, 6.45) is 1.07. The summed E-state index contributed by atoms with van der Waals surface area (Å²) in [4.78, 5) is 32.6. The highest BCUT2D eigenvalue weighted by molar-refractivity contribution is 6.04. The van der Waals surface area contributed by atoms with Crippen molar-refractivity contribution in [2.75, 3.05) is 25.5 Å². The van der Waals surface area contributed by atoms with Crippen LogP contribution in [0.25, 0.3) is 11.0 Å². The molecule has 9 heteroatoms. The van der Waals surface area contributed by atoms with Crippen molar-refractivity contribution < 1.29 is 19.4 Å². The Balaban J connectivity index is 1.93. The molecule has 0 aromatic carbocycles. The van der Waals surface area contributed by atoms with Crippen LogP contribution in [-0.2, 0) is 4.79 Å². The number of amides is 2. The third kappa shape index (κ3) is 3.45. The molecule has 2 aromatic rings. The van der Waals surface area contributed by atoms with Gasteiger partial charge in [0.25, 0.3) is 0 Å². The molecule has 1 aliphatic heterocycles. The van der Waals surface area contributed by atoms with E-state index >= 15 is 0 Å². The second-order valence-electron chi connectivity index (χ2n) is 5.80. The number of methoxy groups -OCH3 is 1. The maximum atomic E-state index is 12.9. The SMILES string of the molecule is COc1ccc2nccc(NC(=O)C3(NC(=O)O)CCNCC3)c2n1. The van der Waals surface area contributed by atoms with Crippen molar-refractivity contribution in [3.8, 4) is 5.88 Å². The van der Waals surface area contributed by atoms with Crippen LogP contribution in [0, 0.1) is 0 Å². The van der Waals surface area contributed by atoms with E-state index in [1.807, 2.05) is 0 Å². The lowest BCUT2D eigenvalue weighted by molar-refractivity contribution is -0.123. The minimum Gasteiger partial charge on any atom is -0.481 e. The molecule has 4 N–H and O–H groups in total. The predicted molar refractivity (Wildman–Crippen MR) is 90.7 cm³/mol. The summed E-state index contributed by atoms with van der Waals surface area (Å²) in [7, 11) is 1.50. The molecule has 0 bridgehead atoms. The van der Waals surface area contributed by atoms with Gasteiger partial charge in [0.1, 0.15) is 11.1 Å². The molecule has 1 saturated heterocycles. The molecule has 2 amide bonds. The van der Waals surface area contributed by atoms with Crippen molar-refractivity contribution in [3.63, 3.8) is 0 Å². The maximum Gasteiger partial charge on any atom is 0.405 e. The number of ether oxygens (including phenoxy) is 1. The Morgan fingerprint density at radius 1 is 1.28 bits per heavy atom. The molecule has 2 aromatic heterocycles. The molecule has 0 saturated carbocycles. The highest BCUT2D eigenvalue weighted by atomic mass is 16.5. The van der Waals surface area contributed by atoms with E-state index in [0.717, 1.165) is 0 Å². The van der Waals surface area contributed by atoms with Gasteiger partial charge in [-0.1, -0.05) is 0 Å². The average molecular weight is 345 g/mol. The molecule has 9 nitrogen and oxygen atoms in total. The van der Waals surface area contributed by atoms with Crippen molar-refractivity contribution >= 4 is 28.7 Å². The lowest BCUT2D eigenvalue weighted by atomic mass is 9.87. The number of carbonyl (C=O) groups is 2. The van der Waals surface area contributed by atoms with Gasteiger partial charge in [0.05, 0.1) is 18.3 Å². The van der Waals surface area contributed by atoms with Crippen LogP contribution in [0.1, 0.15) is 12.8 Å². The molecule has 25 heavy (non-hydrogen) atoms. The van der Waals surface area contributed by atoms with Gasteiger partial charge >= 0.3 is 6.09 Å².